The minimum atomic E-state index is -0.437. The van der Waals surface area contributed by atoms with Crippen LogP contribution in [-0.4, -0.2) is 36.3 Å². The number of nitrogens with zero attached hydrogens (tertiary/aromatic N) is 1. The summed E-state index contributed by atoms with van der Waals surface area (Å²) in [4.78, 5) is 37.8. The molecule has 0 fully saturated rings. The van der Waals surface area contributed by atoms with Crippen LogP contribution in [0.3, 0.4) is 0 Å². The highest BCUT2D eigenvalue weighted by molar-refractivity contribution is 6.22. The first-order valence-electron chi connectivity index (χ1n) is 7.90. The van der Waals surface area contributed by atoms with E-state index in [4.69, 9.17) is 4.74 Å². The van der Waals surface area contributed by atoms with Gasteiger partial charge in [0.2, 0.25) is 5.91 Å². The molecule has 6 nitrogen and oxygen atoms in total. The lowest BCUT2D eigenvalue weighted by atomic mass is 10.1. The molecule has 0 saturated heterocycles. The first-order valence-corrected chi connectivity index (χ1v) is 7.90. The molecule has 0 bridgehead atoms. The first-order chi connectivity index (χ1) is 12.0. The Morgan fingerprint density at radius 3 is 2.12 bits per heavy atom. The van der Waals surface area contributed by atoms with Gasteiger partial charge in [-0.3, -0.25) is 19.3 Å². The number of imide groups is 1. The minimum Gasteiger partial charge on any atom is -0.497 e. The molecule has 128 valence electrons. The van der Waals surface area contributed by atoms with E-state index < -0.39 is 17.7 Å². The zero-order chi connectivity index (χ0) is 18.0. The number of nitrogens with one attached hydrogen (secondary N) is 1. The summed E-state index contributed by atoms with van der Waals surface area (Å²) in [5.74, 6) is -0.535. The molecule has 2 aromatic carbocycles. The number of carbonyl (C=O) groups is 3. The van der Waals surface area contributed by atoms with E-state index in [1.165, 1.54) is 0 Å². The highest BCUT2D eigenvalue weighted by atomic mass is 16.5. The molecule has 25 heavy (non-hydrogen) atoms. The highest BCUT2D eigenvalue weighted by Gasteiger charge is 2.36. The zero-order valence-electron chi connectivity index (χ0n) is 14.0. The number of hydrogen-bond acceptors (Lipinski definition) is 4. The van der Waals surface area contributed by atoms with Gasteiger partial charge in [0.25, 0.3) is 11.8 Å². The van der Waals surface area contributed by atoms with Crippen molar-refractivity contribution < 1.29 is 19.1 Å². The molecule has 0 saturated carbocycles. The standard InChI is InChI=1S/C19H18N2O4/c1-12(13-7-9-14(25-2)10-8-13)20-17(22)11-21-18(23)15-5-3-4-6-16(15)19(21)24/h3-10,12H,11H2,1-2H3,(H,20,22)/t12-/m1/s1. The maximum absolute atomic E-state index is 12.3. The number of amides is 3. The smallest absolute Gasteiger partial charge is 0.262 e. The molecule has 0 aliphatic carbocycles. The van der Waals surface area contributed by atoms with Gasteiger partial charge < -0.3 is 10.1 Å². The highest BCUT2D eigenvalue weighted by Crippen LogP contribution is 2.22. The van der Waals surface area contributed by atoms with Crippen molar-refractivity contribution in [1.29, 1.82) is 0 Å². The molecule has 0 radical (unpaired) electrons. The maximum Gasteiger partial charge on any atom is 0.262 e. The predicted octanol–water partition coefficient (Wildman–Crippen LogP) is 2.17. The SMILES string of the molecule is COc1ccc([C@@H](C)NC(=O)CN2C(=O)c3ccccc3C2=O)cc1. The van der Waals surface area contributed by atoms with E-state index in [-0.39, 0.29) is 12.6 Å². The molecule has 0 unspecified atom stereocenters. The second kappa shape index (κ2) is 6.76. The second-order valence-electron chi connectivity index (χ2n) is 5.80. The van der Waals surface area contributed by atoms with Gasteiger partial charge in [-0.1, -0.05) is 24.3 Å². The molecular weight excluding hydrogens is 320 g/mol. The van der Waals surface area contributed by atoms with Crippen LogP contribution in [0, 0.1) is 0 Å². The van der Waals surface area contributed by atoms with Crippen LogP contribution in [0.4, 0.5) is 0 Å². The Morgan fingerprint density at radius 1 is 1.04 bits per heavy atom. The topological polar surface area (TPSA) is 75.7 Å². The Balaban J connectivity index is 1.65. The van der Waals surface area contributed by atoms with Gasteiger partial charge in [0, 0.05) is 0 Å². The third-order valence-corrected chi connectivity index (χ3v) is 4.17. The molecule has 1 atom stereocenters. The first kappa shape index (κ1) is 16.7. The van der Waals surface area contributed by atoms with Crippen molar-refractivity contribution in [3.8, 4) is 5.75 Å². The van der Waals surface area contributed by atoms with Crippen LogP contribution < -0.4 is 10.1 Å². The summed E-state index contributed by atoms with van der Waals surface area (Å²) in [6.45, 7) is 1.54. The molecule has 1 aliphatic rings. The van der Waals surface area contributed by atoms with Crippen LogP contribution in [0.25, 0.3) is 0 Å². The number of methoxy groups -OCH3 is 1. The minimum absolute atomic E-state index is 0.256. The summed E-state index contributed by atoms with van der Waals surface area (Å²) in [6.07, 6.45) is 0. The Bertz CT molecular complexity index is 795. The molecule has 3 amide bonds. The van der Waals surface area contributed by atoms with Crippen molar-refractivity contribution >= 4 is 17.7 Å². The van der Waals surface area contributed by atoms with E-state index in [0.717, 1.165) is 16.2 Å². The summed E-state index contributed by atoms with van der Waals surface area (Å²) in [5, 5.41) is 2.80. The van der Waals surface area contributed by atoms with E-state index in [0.29, 0.717) is 11.1 Å². The van der Waals surface area contributed by atoms with Crippen molar-refractivity contribution in [3.63, 3.8) is 0 Å². The van der Waals surface area contributed by atoms with Crippen molar-refractivity contribution in [2.24, 2.45) is 0 Å². The third-order valence-electron chi connectivity index (χ3n) is 4.17. The molecule has 3 rings (SSSR count). The normalized spacial score (nSPS) is 14.2. The van der Waals surface area contributed by atoms with Gasteiger partial charge in [-0.25, -0.2) is 0 Å². The Labute approximate surface area is 145 Å². The van der Waals surface area contributed by atoms with Crippen molar-refractivity contribution in [2.45, 2.75) is 13.0 Å². The second-order valence-corrected chi connectivity index (χ2v) is 5.80. The Kier molecular flexibility index (Phi) is 4.52. The number of hydrogen-bond donors (Lipinski definition) is 1. The van der Waals surface area contributed by atoms with Gasteiger partial charge in [0.15, 0.2) is 0 Å². The molecule has 6 heteroatoms. The van der Waals surface area contributed by atoms with Crippen molar-refractivity contribution in [1.82, 2.24) is 10.2 Å². The van der Waals surface area contributed by atoms with E-state index in [9.17, 15) is 14.4 Å². The number of rotatable bonds is 5. The van der Waals surface area contributed by atoms with Crippen LogP contribution in [0.5, 0.6) is 5.75 Å². The number of ether oxygens (including phenoxy) is 1. The van der Waals surface area contributed by atoms with Gasteiger partial charge in [-0.15, -0.1) is 0 Å². The van der Waals surface area contributed by atoms with Gasteiger partial charge >= 0.3 is 0 Å². The third kappa shape index (κ3) is 3.24. The van der Waals surface area contributed by atoms with Gasteiger partial charge in [-0.05, 0) is 36.8 Å². The van der Waals surface area contributed by atoms with E-state index in [1.807, 2.05) is 31.2 Å². The average Bonchev–Trinajstić information content (AvgIpc) is 2.87. The largest absolute Gasteiger partial charge is 0.497 e. The van der Waals surface area contributed by atoms with Crippen LogP contribution >= 0.6 is 0 Å². The summed E-state index contributed by atoms with van der Waals surface area (Å²) < 4.78 is 5.10. The summed E-state index contributed by atoms with van der Waals surface area (Å²) in [6, 6.07) is 13.6. The molecule has 0 spiro atoms. The molecule has 1 aliphatic heterocycles. The fraction of sp³-hybridized carbons (Fsp3) is 0.211. The zero-order valence-corrected chi connectivity index (χ0v) is 14.0. The van der Waals surface area contributed by atoms with Gasteiger partial charge in [0.1, 0.15) is 12.3 Å². The molecule has 0 aromatic heterocycles. The van der Waals surface area contributed by atoms with E-state index >= 15 is 0 Å². The lowest BCUT2D eigenvalue weighted by molar-refractivity contribution is -0.122. The number of carbonyl (C=O) groups excluding carboxylic acids is 3. The lowest BCUT2D eigenvalue weighted by Gasteiger charge is -2.18. The molecule has 2 aromatic rings. The van der Waals surface area contributed by atoms with Crippen LogP contribution in [0.1, 0.15) is 39.2 Å². The molecule has 1 N–H and O–H groups in total. The monoisotopic (exact) mass is 338 g/mol. The Hall–Kier alpha value is -3.15. The number of benzene rings is 2. The van der Waals surface area contributed by atoms with Crippen molar-refractivity contribution in [3.05, 3.63) is 65.2 Å². The average molecular weight is 338 g/mol. The van der Waals surface area contributed by atoms with Crippen LogP contribution in [0.2, 0.25) is 0 Å². The summed E-state index contributed by atoms with van der Waals surface area (Å²) in [7, 11) is 1.59. The van der Waals surface area contributed by atoms with E-state index in [2.05, 4.69) is 5.32 Å². The van der Waals surface area contributed by atoms with Crippen molar-refractivity contribution in [2.75, 3.05) is 13.7 Å². The van der Waals surface area contributed by atoms with Gasteiger partial charge in [0.05, 0.1) is 24.3 Å². The van der Waals surface area contributed by atoms with E-state index in [1.54, 1.807) is 31.4 Å². The molecular formula is C19H18N2O4. The maximum atomic E-state index is 12.3. The fourth-order valence-electron chi connectivity index (χ4n) is 2.79. The fourth-order valence-corrected chi connectivity index (χ4v) is 2.79. The molecule has 1 heterocycles. The Morgan fingerprint density at radius 2 is 1.60 bits per heavy atom. The van der Waals surface area contributed by atoms with Gasteiger partial charge in [-0.2, -0.15) is 0 Å². The predicted molar refractivity (Wildman–Crippen MR) is 91.4 cm³/mol. The summed E-state index contributed by atoms with van der Waals surface area (Å²) >= 11 is 0. The quantitative estimate of drug-likeness (QED) is 0.848. The lowest BCUT2D eigenvalue weighted by Crippen LogP contribution is -2.41. The summed E-state index contributed by atoms with van der Waals surface area (Å²) in [5.41, 5.74) is 1.57. The number of fused-ring (bicyclic) bond motifs is 1. The van der Waals surface area contributed by atoms with Crippen LogP contribution in [0.15, 0.2) is 48.5 Å². The van der Waals surface area contributed by atoms with Crippen LogP contribution in [-0.2, 0) is 4.79 Å².